The Morgan fingerprint density at radius 2 is 2.24 bits per heavy atom. The predicted molar refractivity (Wildman–Crippen MR) is 71.7 cm³/mol. The van der Waals surface area contributed by atoms with E-state index in [1.165, 1.54) is 11.5 Å². The zero-order valence-electron chi connectivity index (χ0n) is 9.42. The van der Waals surface area contributed by atoms with Gasteiger partial charge in [-0.05, 0) is 30.6 Å². The Labute approximate surface area is 108 Å². The normalized spacial score (nSPS) is 10.4. The first-order valence-electron chi connectivity index (χ1n) is 5.16. The van der Waals surface area contributed by atoms with Gasteiger partial charge in [0.25, 0.3) is 0 Å². The third-order valence-corrected chi connectivity index (χ3v) is 3.88. The highest BCUT2D eigenvalue weighted by atomic mass is 32.2. The summed E-state index contributed by atoms with van der Waals surface area (Å²) < 4.78 is 10.7. The first-order chi connectivity index (χ1) is 8.25. The average molecular weight is 267 g/mol. The number of benzene rings is 1. The van der Waals surface area contributed by atoms with Crippen LogP contribution in [-0.4, -0.2) is 21.7 Å². The average Bonchev–Trinajstić information content (AvgIpc) is 2.73. The Morgan fingerprint density at radius 3 is 2.94 bits per heavy atom. The molecule has 4 nitrogen and oxygen atoms in total. The summed E-state index contributed by atoms with van der Waals surface area (Å²) in [6.07, 6.45) is 0. The van der Waals surface area contributed by atoms with E-state index < -0.39 is 0 Å². The molecule has 2 rings (SSSR count). The van der Waals surface area contributed by atoms with Crippen molar-refractivity contribution >= 4 is 29.0 Å². The number of hydrogen-bond acceptors (Lipinski definition) is 6. The highest BCUT2D eigenvalue weighted by Crippen LogP contribution is 2.22. The highest BCUT2D eigenvalue weighted by molar-refractivity contribution is 8.00. The Kier molecular flexibility index (Phi) is 4.22. The minimum absolute atomic E-state index is 0.609. The zero-order chi connectivity index (χ0) is 12.1. The van der Waals surface area contributed by atoms with E-state index in [1.54, 1.807) is 11.8 Å². The van der Waals surface area contributed by atoms with Crippen molar-refractivity contribution in [3.05, 3.63) is 30.1 Å². The number of nitrogens with two attached hydrogens (primary N) is 1. The second-order valence-electron chi connectivity index (χ2n) is 3.34. The van der Waals surface area contributed by atoms with Crippen molar-refractivity contribution in [1.82, 2.24) is 9.36 Å². The van der Waals surface area contributed by atoms with Crippen molar-refractivity contribution in [2.24, 2.45) is 0 Å². The lowest BCUT2D eigenvalue weighted by atomic mass is 10.3. The van der Waals surface area contributed by atoms with Gasteiger partial charge >= 0.3 is 0 Å². The van der Waals surface area contributed by atoms with E-state index in [2.05, 4.69) is 9.36 Å². The van der Waals surface area contributed by atoms with Gasteiger partial charge in [-0.25, -0.2) is 4.98 Å². The zero-order valence-corrected chi connectivity index (χ0v) is 11.1. The van der Waals surface area contributed by atoms with Crippen molar-refractivity contribution in [1.29, 1.82) is 0 Å². The van der Waals surface area contributed by atoms with Crippen LogP contribution in [0.25, 0.3) is 0 Å². The van der Waals surface area contributed by atoms with E-state index in [0.29, 0.717) is 12.3 Å². The maximum atomic E-state index is 5.77. The first-order valence-corrected chi connectivity index (χ1v) is 6.92. The number of nitrogen functional groups attached to an aromatic ring is 1. The van der Waals surface area contributed by atoms with Gasteiger partial charge in [-0.1, -0.05) is 23.9 Å². The Bertz CT molecular complexity index is 487. The summed E-state index contributed by atoms with van der Waals surface area (Å²) in [5, 5.41) is 0. The summed E-state index contributed by atoms with van der Waals surface area (Å²) in [4.78, 5) is 4.26. The molecule has 1 aromatic carbocycles. The van der Waals surface area contributed by atoms with Gasteiger partial charge in [0, 0.05) is 5.75 Å². The molecule has 6 heteroatoms. The van der Waals surface area contributed by atoms with Crippen LogP contribution in [0.5, 0.6) is 5.75 Å². The first kappa shape index (κ1) is 12.2. The fourth-order valence-corrected chi connectivity index (χ4v) is 2.76. The van der Waals surface area contributed by atoms with Crippen LogP contribution >= 0.6 is 23.3 Å². The molecule has 2 aromatic rings. The molecule has 1 aromatic heterocycles. The molecule has 0 aliphatic carbocycles. The molecule has 0 unspecified atom stereocenters. The Morgan fingerprint density at radius 1 is 1.41 bits per heavy atom. The highest BCUT2D eigenvalue weighted by Gasteiger charge is 2.02. The van der Waals surface area contributed by atoms with Gasteiger partial charge in [-0.2, -0.15) is 4.37 Å². The molecule has 0 aliphatic rings. The third kappa shape index (κ3) is 3.61. The summed E-state index contributed by atoms with van der Waals surface area (Å²) in [5.41, 5.74) is 6.44. The van der Waals surface area contributed by atoms with E-state index in [1.807, 2.05) is 31.2 Å². The van der Waals surface area contributed by atoms with E-state index >= 15 is 0 Å². The van der Waals surface area contributed by atoms with Gasteiger partial charge in [0.2, 0.25) is 0 Å². The standard InChI is InChI=1S/C11H13N3OS2/c1-8-13-11(17-14-8)16-7-6-15-10-5-3-2-4-9(10)12/h2-5H,6-7,12H2,1H3. The van der Waals surface area contributed by atoms with Gasteiger partial charge in [0.05, 0.1) is 12.3 Å². The Balaban J connectivity index is 1.75. The maximum absolute atomic E-state index is 5.77. The van der Waals surface area contributed by atoms with Crippen molar-refractivity contribution < 1.29 is 4.74 Å². The van der Waals surface area contributed by atoms with E-state index in [-0.39, 0.29) is 0 Å². The van der Waals surface area contributed by atoms with Crippen molar-refractivity contribution in [3.8, 4) is 5.75 Å². The van der Waals surface area contributed by atoms with Crippen molar-refractivity contribution in [2.45, 2.75) is 11.3 Å². The minimum Gasteiger partial charge on any atom is -0.491 e. The molecule has 0 saturated heterocycles. The van der Waals surface area contributed by atoms with Crippen LogP contribution in [0.3, 0.4) is 0 Å². The number of anilines is 1. The van der Waals surface area contributed by atoms with Crippen molar-refractivity contribution in [2.75, 3.05) is 18.1 Å². The van der Waals surface area contributed by atoms with Gasteiger partial charge in [-0.15, -0.1) is 0 Å². The minimum atomic E-state index is 0.609. The van der Waals surface area contributed by atoms with Crippen molar-refractivity contribution in [3.63, 3.8) is 0 Å². The van der Waals surface area contributed by atoms with Gasteiger partial charge < -0.3 is 10.5 Å². The summed E-state index contributed by atoms with van der Waals surface area (Å²) in [6.45, 7) is 2.50. The molecular weight excluding hydrogens is 254 g/mol. The molecule has 0 radical (unpaired) electrons. The number of aryl methyl sites for hydroxylation is 1. The van der Waals surface area contributed by atoms with Gasteiger partial charge in [-0.3, -0.25) is 0 Å². The number of nitrogens with zero attached hydrogens (tertiary/aromatic N) is 2. The Hall–Kier alpha value is -1.27. The largest absolute Gasteiger partial charge is 0.491 e. The number of ether oxygens (including phenoxy) is 1. The lowest BCUT2D eigenvalue weighted by Crippen LogP contribution is -2.02. The fourth-order valence-electron chi connectivity index (χ4n) is 1.23. The molecule has 17 heavy (non-hydrogen) atoms. The van der Waals surface area contributed by atoms with Crippen LogP contribution in [-0.2, 0) is 0 Å². The van der Waals surface area contributed by atoms with Crippen LogP contribution in [0, 0.1) is 6.92 Å². The summed E-state index contributed by atoms with van der Waals surface area (Å²) in [5.74, 6) is 2.40. The van der Waals surface area contributed by atoms with Crippen LogP contribution in [0.15, 0.2) is 28.6 Å². The summed E-state index contributed by atoms with van der Waals surface area (Å²) in [7, 11) is 0. The molecule has 0 fully saturated rings. The predicted octanol–water partition coefficient (Wildman–Crippen LogP) is 2.60. The smallest absolute Gasteiger partial charge is 0.170 e. The van der Waals surface area contributed by atoms with Crippen LogP contribution in [0.4, 0.5) is 5.69 Å². The molecule has 0 saturated carbocycles. The number of thioether (sulfide) groups is 1. The number of rotatable bonds is 5. The van der Waals surface area contributed by atoms with Crippen LogP contribution < -0.4 is 10.5 Å². The molecule has 2 N–H and O–H groups in total. The van der Waals surface area contributed by atoms with Crippen LogP contribution in [0.2, 0.25) is 0 Å². The van der Waals surface area contributed by atoms with E-state index in [9.17, 15) is 0 Å². The number of hydrogen-bond donors (Lipinski definition) is 1. The third-order valence-electron chi connectivity index (χ3n) is 1.99. The summed E-state index contributed by atoms with van der Waals surface area (Å²) >= 11 is 3.07. The second-order valence-corrected chi connectivity index (χ2v) is 5.44. The molecule has 90 valence electrons. The van der Waals surface area contributed by atoms with E-state index in [4.69, 9.17) is 10.5 Å². The maximum Gasteiger partial charge on any atom is 0.170 e. The summed E-state index contributed by atoms with van der Waals surface area (Å²) in [6, 6.07) is 7.50. The molecule has 0 amide bonds. The molecule has 0 aliphatic heterocycles. The molecular formula is C11H13N3OS2. The van der Waals surface area contributed by atoms with E-state index in [0.717, 1.165) is 21.7 Å². The van der Waals surface area contributed by atoms with Crippen LogP contribution in [0.1, 0.15) is 5.82 Å². The molecule has 0 atom stereocenters. The topological polar surface area (TPSA) is 61.0 Å². The SMILES string of the molecule is Cc1nsc(SCCOc2ccccc2N)n1. The monoisotopic (exact) mass is 267 g/mol. The lowest BCUT2D eigenvalue weighted by Gasteiger charge is -2.07. The lowest BCUT2D eigenvalue weighted by molar-refractivity contribution is 0.346. The fraction of sp³-hybridized carbons (Fsp3) is 0.273. The second kappa shape index (κ2) is 5.88. The molecule has 1 heterocycles. The molecule has 0 bridgehead atoms. The van der Waals surface area contributed by atoms with Gasteiger partial charge in [0.15, 0.2) is 4.34 Å². The number of aromatic nitrogens is 2. The quantitative estimate of drug-likeness (QED) is 0.512. The van der Waals surface area contributed by atoms with Gasteiger partial charge in [0.1, 0.15) is 11.6 Å². The number of para-hydroxylation sites is 2. The molecule has 0 spiro atoms.